The van der Waals surface area contributed by atoms with E-state index in [1.165, 1.54) is 0 Å². The van der Waals surface area contributed by atoms with E-state index in [1.54, 1.807) is 45.0 Å². The number of carbonyl (C=O) groups is 3. The number of para-hydroxylation sites is 1. The van der Waals surface area contributed by atoms with Gasteiger partial charge >= 0.3 is 6.09 Å². The Morgan fingerprint density at radius 3 is 2.44 bits per heavy atom. The van der Waals surface area contributed by atoms with Crippen molar-refractivity contribution in [2.45, 2.75) is 39.2 Å². The smallest absolute Gasteiger partial charge is 0.407 e. The van der Waals surface area contributed by atoms with Gasteiger partial charge in [-0.15, -0.1) is 0 Å². The average Bonchev–Trinajstić information content (AvgIpc) is 2.60. The molecule has 3 amide bonds. The van der Waals surface area contributed by atoms with Crippen LogP contribution in [0.1, 0.15) is 39.2 Å². The van der Waals surface area contributed by atoms with E-state index in [2.05, 4.69) is 16.2 Å². The van der Waals surface area contributed by atoms with Crippen molar-refractivity contribution < 1.29 is 23.9 Å². The van der Waals surface area contributed by atoms with E-state index in [0.717, 1.165) is 0 Å². The minimum absolute atomic E-state index is 0.105. The molecule has 3 N–H and O–H groups in total. The number of hydrogen-bond donors (Lipinski definition) is 3. The van der Waals surface area contributed by atoms with Gasteiger partial charge in [-0.05, 0) is 39.3 Å². The van der Waals surface area contributed by atoms with Crippen LogP contribution in [0.25, 0.3) is 0 Å². The number of nitrogens with one attached hydrogen (secondary N) is 3. The Hall–Kier alpha value is -3.28. The molecule has 1 rings (SSSR count). The fraction of sp³-hybridized carbons (Fsp3) is 0.444. The molecule has 0 bridgehead atoms. The van der Waals surface area contributed by atoms with Gasteiger partial charge in [0.1, 0.15) is 17.4 Å². The molecule has 0 aromatic heterocycles. The minimum atomic E-state index is -0.582. The number of rotatable bonds is 7. The first-order chi connectivity index (χ1) is 12.7. The summed E-state index contributed by atoms with van der Waals surface area (Å²) in [5.41, 5.74) is 4.19. The second-order valence-corrected chi connectivity index (χ2v) is 6.53. The third-order valence-electron chi connectivity index (χ3n) is 2.96. The molecule has 0 radical (unpaired) electrons. The Kier molecular flexibility index (Phi) is 8.59. The molecule has 0 fully saturated rings. The lowest BCUT2D eigenvalue weighted by atomic mass is 10.2. The molecule has 146 valence electrons. The van der Waals surface area contributed by atoms with E-state index in [1.807, 2.05) is 6.07 Å². The summed E-state index contributed by atoms with van der Waals surface area (Å²) in [7, 11) is 0. The molecule has 1 aromatic rings. The van der Waals surface area contributed by atoms with E-state index in [-0.39, 0.29) is 25.3 Å². The fourth-order valence-corrected chi connectivity index (χ4v) is 1.82. The van der Waals surface area contributed by atoms with Gasteiger partial charge < -0.3 is 14.8 Å². The number of amides is 3. The maximum Gasteiger partial charge on any atom is 0.407 e. The van der Waals surface area contributed by atoms with Crippen molar-refractivity contribution >= 4 is 17.9 Å². The summed E-state index contributed by atoms with van der Waals surface area (Å²) in [5.74, 6) is -0.690. The summed E-state index contributed by atoms with van der Waals surface area (Å²) >= 11 is 0. The molecular formula is C18H24N4O5. The van der Waals surface area contributed by atoms with E-state index in [9.17, 15) is 14.4 Å². The molecule has 0 atom stereocenters. The van der Waals surface area contributed by atoms with E-state index < -0.39 is 23.5 Å². The normalized spacial score (nSPS) is 10.3. The zero-order chi connectivity index (χ0) is 20.3. The van der Waals surface area contributed by atoms with Gasteiger partial charge in [-0.25, -0.2) is 4.79 Å². The monoisotopic (exact) mass is 376 g/mol. The summed E-state index contributed by atoms with van der Waals surface area (Å²) < 4.78 is 10.3. The molecule has 0 unspecified atom stereocenters. The van der Waals surface area contributed by atoms with Gasteiger partial charge in [-0.3, -0.25) is 20.4 Å². The number of nitrogens with zero attached hydrogens (tertiary/aromatic N) is 1. The quantitative estimate of drug-likeness (QED) is 0.487. The number of hydrazine groups is 1. The van der Waals surface area contributed by atoms with Crippen LogP contribution in [0.2, 0.25) is 0 Å². The second kappa shape index (κ2) is 10.7. The predicted molar refractivity (Wildman–Crippen MR) is 96.4 cm³/mol. The zero-order valence-electron chi connectivity index (χ0n) is 15.6. The Balaban J connectivity index is 2.18. The Bertz CT molecular complexity index is 706. The van der Waals surface area contributed by atoms with Gasteiger partial charge in [0, 0.05) is 13.0 Å². The number of ether oxygens (including phenoxy) is 2. The molecule has 0 aliphatic rings. The number of hydrogen-bond acceptors (Lipinski definition) is 6. The lowest BCUT2D eigenvalue weighted by Gasteiger charge is -2.19. The van der Waals surface area contributed by atoms with Crippen molar-refractivity contribution in [1.29, 1.82) is 5.26 Å². The molecule has 0 spiro atoms. The van der Waals surface area contributed by atoms with Crippen LogP contribution in [0.3, 0.4) is 0 Å². The second-order valence-electron chi connectivity index (χ2n) is 6.53. The van der Waals surface area contributed by atoms with Crippen LogP contribution in [-0.2, 0) is 14.3 Å². The van der Waals surface area contributed by atoms with Crippen molar-refractivity contribution in [1.82, 2.24) is 16.2 Å². The SMILES string of the molecule is CC(C)(C)OC(=O)NCCCC(=O)NNC(=O)COc1ccccc1C#N. The lowest BCUT2D eigenvalue weighted by Crippen LogP contribution is -2.44. The summed E-state index contributed by atoms with van der Waals surface area (Å²) in [6.45, 7) is 5.19. The third-order valence-corrected chi connectivity index (χ3v) is 2.96. The summed E-state index contributed by atoms with van der Waals surface area (Å²) in [6, 6.07) is 8.46. The summed E-state index contributed by atoms with van der Waals surface area (Å²) in [4.78, 5) is 34.7. The number of benzene rings is 1. The summed E-state index contributed by atoms with van der Waals surface area (Å²) in [5, 5.41) is 11.5. The standard InChI is InChI=1S/C18H24N4O5/c1-18(2,3)27-17(25)20-10-6-9-15(23)21-22-16(24)12-26-14-8-5-4-7-13(14)11-19/h4-5,7-8H,6,9-10,12H2,1-3H3,(H,20,25)(H,21,23)(H,22,24). The molecule has 0 aliphatic heterocycles. The van der Waals surface area contributed by atoms with Crippen molar-refractivity contribution in [2.75, 3.05) is 13.2 Å². The first-order valence-electron chi connectivity index (χ1n) is 8.38. The van der Waals surface area contributed by atoms with Crippen molar-refractivity contribution in [3.05, 3.63) is 29.8 Å². The molecule has 0 saturated carbocycles. The fourth-order valence-electron chi connectivity index (χ4n) is 1.82. The Labute approximate surface area is 158 Å². The van der Waals surface area contributed by atoms with Gasteiger partial charge in [0.05, 0.1) is 5.56 Å². The highest BCUT2D eigenvalue weighted by molar-refractivity contribution is 5.82. The Morgan fingerprint density at radius 2 is 1.78 bits per heavy atom. The highest BCUT2D eigenvalue weighted by atomic mass is 16.6. The number of alkyl carbamates (subject to hydrolysis) is 1. The third kappa shape index (κ3) is 9.69. The van der Waals surface area contributed by atoms with Crippen LogP contribution < -0.4 is 20.9 Å². The summed E-state index contributed by atoms with van der Waals surface area (Å²) in [6.07, 6.45) is -0.0627. The molecule has 9 nitrogen and oxygen atoms in total. The number of carbonyl (C=O) groups excluding carboxylic acids is 3. The average molecular weight is 376 g/mol. The van der Waals surface area contributed by atoms with Crippen LogP contribution in [0.15, 0.2) is 24.3 Å². The van der Waals surface area contributed by atoms with Crippen molar-refractivity contribution in [3.63, 3.8) is 0 Å². The highest BCUT2D eigenvalue weighted by Gasteiger charge is 2.15. The molecule has 1 aromatic carbocycles. The molecule has 0 heterocycles. The van der Waals surface area contributed by atoms with Crippen LogP contribution in [-0.4, -0.2) is 36.7 Å². The molecule has 9 heteroatoms. The van der Waals surface area contributed by atoms with Gasteiger partial charge in [0.25, 0.3) is 5.91 Å². The van der Waals surface area contributed by atoms with E-state index in [4.69, 9.17) is 14.7 Å². The molecule has 0 aliphatic carbocycles. The predicted octanol–water partition coefficient (Wildman–Crippen LogP) is 1.39. The number of nitriles is 1. The lowest BCUT2D eigenvalue weighted by molar-refractivity contribution is -0.130. The van der Waals surface area contributed by atoms with Gasteiger partial charge in [0.2, 0.25) is 5.91 Å². The molecular weight excluding hydrogens is 352 g/mol. The van der Waals surface area contributed by atoms with Crippen molar-refractivity contribution in [3.8, 4) is 11.8 Å². The van der Waals surface area contributed by atoms with Gasteiger partial charge in [0.15, 0.2) is 6.61 Å². The maximum atomic E-state index is 11.7. The molecule has 27 heavy (non-hydrogen) atoms. The first-order valence-corrected chi connectivity index (χ1v) is 8.38. The van der Waals surface area contributed by atoms with Crippen LogP contribution >= 0.6 is 0 Å². The maximum absolute atomic E-state index is 11.7. The van der Waals surface area contributed by atoms with Gasteiger partial charge in [-0.1, -0.05) is 12.1 Å². The van der Waals surface area contributed by atoms with Crippen LogP contribution in [0.5, 0.6) is 5.75 Å². The first kappa shape index (κ1) is 21.8. The minimum Gasteiger partial charge on any atom is -0.482 e. The largest absolute Gasteiger partial charge is 0.482 e. The van der Waals surface area contributed by atoms with Crippen molar-refractivity contribution in [2.24, 2.45) is 0 Å². The van der Waals surface area contributed by atoms with E-state index >= 15 is 0 Å². The highest BCUT2D eigenvalue weighted by Crippen LogP contribution is 2.16. The van der Waals surface area contributed by atoms with Crippen LogP contribution in [0.4, 0.5) is 4.79 Å². The molecule has 0 saturated heterocycles. The zero-order valence-corrected chi connectivity index (χ0v) is 15.6. The van der Waals surface area contributed by atoms with E-state index in [0.29, 0.717) is 12.0 Å². The Morgan fingerprint density at radius 1 is 1.11 bits per heavy atom. The van der Waals surface area contributed by atoms with Gasteiger partial charge in [-0.2, -0.15) is 5.26 Å². The topological polar surface area (TPSA) is 130 Å². The van der Waals surface area contributed by atoms with Crippen LogP contribution in [0, 0.1) is 11.3 Å².